The summed E-state index contributed by atoms with van der Waals surface area (Å²) in [6, 6.07) is 9.34. The summed E-state index contributed by atoms with van der Waals surface area (Å²) in [4.78, 5) is 26.3. The molecule has 0 radical (unpaired) electrons. The third-order valence-corrected chi connectivity index (χ3v) is 5.55. The summed E-state index contributed by atoms with van der Waals surface area (Å²) in [6.45, 7) is 6.52. The van der Waals surface area contributed by atoms with Crippen molar-refractivity contribution in [3.63, 3.8) is 0 Å². The van der Waals surface area contributed by atoms with Crippen LogP contribution in [0.15, 0.2) is 70.3 Å². The number of hydrogen-bond donors (Lipinski definition) is 3. The Bertz CT molecular complexity index is 1120. The normalized spacial score (nSPS) is 13.7. The second-order valence-electron chi connectivity index (χ2n) is 7.33. The molecule has 9 nitrogen and oxygen atoms in total. The molecule has 1 aliphatic carbocycles. The lowest BCUT2D eigenvalue weighted by molar-refractivity contribution is 0.174. The molecule has 0 unspecified atom stereocenters. The van der Waals surface area contributed by atoms with Crippen LogP contribution in [0.2, 0.25) is 0 Å². The molecule has 3 N–H and O–H groups in total. The fourth-order valence-corrected chi connectivity index (χ4v) is 3.66. The Morgan fingerprint density at radius 2 is 2.19 bits per heavy atom. The van der Waals surface area contributed by atoms with E-state index in [-0.39, 0.29) is 6.61 Å². The third-order valence-electron chi connectivity index (χ3n) is 4.63. The highest BCUT2D eigenvalue weighted by atomic mass is 32.2. The van der Waals surface area contributed by atoms with E-state index >= 15 is 0 Å². The van der Waals surface area contributed by atoms with E-state index in [2.05, 4.69) is 32.7 Å². The first-order valence-electron chi connectivity index (χ1n) is 10.3. The zero-order valence-corrected chi connectivity index (χ0v) is 18.6. The first-order valence-corrected chi connectivity index (χ1v) is 11.1. The number of hydrogen-bond acceptors (Lipinski definition) is 7. The maximum atomic E-state index is 11.6. The molecule has 10 heteroatoms. The number of aliphatic imine (C=N–C) groups is 1. The van der Waals surface area contributed by atoms with Crippen molar-refractivity contribution in [2.75, 3.05) is 18.5 Å². The molecule has 0 atom stereocenters. The topological polar surface area (TPSA) is 105 Å². The van der Waals surface area contributed by atoms with Crippen LogP contribution in [0.4, 0.5) is 16.4 Å². The lowest BCUT2D eigenvalue weighted by Gasteiger charge is -2.09. The maximum absolute atomic E-state index is 11.6. The number of amides is 1. The zero-order chi connectivity index (χ0) is 22.3. The van der Waals surface area contributed by atoms with E-state index in [0.29, 0.717) is 11.6 Å². The molecule has 1 aliphatic rings. The van der Waals surface area contributed by atoms with E-state index in [1.807, 2.05) is 47.9 Å². The van der Waals surface area contributed by atoms with Crippen molar-refractivity contribution < 1.29 is 9.53 Å². The van der Waals surface area contributed by atoms with Crippen molar-refractivity contribution in [1.82, 2.24) is 25.2 Å². The maximum Gasteiger partial charge on any atom is 0.411 e. The number of imidazole rings is 1. The van der Waals surface area contributed by atoms with Crippen LogP contribution in [-0.2, 0) is 4.74 Å². The van der Waals surface area contributed by atoms with E-state index in [1.165, 1.54) is 30.7 Å². The van der Waals surface area contributed by atoms with Gasteiger partial charge in [0, 0.05) is 35.6 Å². The van der Waals surface area contributed by atoms with Gasteiger partial charge < -0.3 is 10.2 Å². The Morgan fingerprint density at radius 3 is 2.94 bits per heavy atom. The van der Waals surface area contributed by atoms with Crippen LogP contribution in [0.5, 0.6) is 0 Å². The van der Waals surface area contributed by atoms with Crippen LogP contribution in [0.3, 0.4) is 0 Å². The number of carbonyl (C=O) groups is 1. The number of ether oxygens (including phenoxy) is 1. The first kappa shape index (κ1) is 21.8. The summed E-state index contributed by atoms with van der Waals surface area (Å²) in [7, 11) is 0. The highest BCUT2D eigenvalue weighted by Gasteiger charge is 2.20. The van der Waals surface area contributed by atoms with E-state index < -0.39 is 6.09 Å². The zero-order valence-electron chi connectivity index (χ0n) is 17.7. The molecule has 0 bridgehead atoms. The number of rotatable bonds is 9. The number of hydrazine groups is 1. The molecule has 2 heterocycles. The Morgan fingerprint density at radius 1 is 1.38 bits per heavy atom. The molecule has 0 spiro atoms. The third kappa shape index (κ3) is 6.08. The van der Waals surface area contributed by atoms with Crippen LogP contribution in [0.25, 0.3) is 5.65 Å². The van der Waals surface area contributed by atoms with Gasteiger partial charge in [-0.25, -0.2) is 20.2 Å². The van der Waals surface area contributed by atoms with Crippen molar-refractivity contribution in [2.45, 2.75) is 29.7 Å². The van der Waals surface area contributed by atoms with Gasteiger partial charge in [-0.3, -0.25) is 9.72 Å². The summed E-state index contributed by atoms with van der Waals surface area (Å²) in [5, 5.41) is 3.44. The molecule has 1 aromatic carbocycles. The Balaban J connectivity index is 1.44. The number of anilines is 1. The Kier molecular flexibility index (Phi) is 7.03. The summed E-state index contributed by atoms with van der Waals surface area (Å²) >= 11 is 1.49. The number of nitrogens with one attached hydrogen (secondary N) is 3. The summed E-state index contributed by atoms with van der Waals surface area (Å²) in [6.07, 6.45) is 7.14. The van der Waals surface area contributed by atoms with Gasteiger partial charge >= 0.3 is 6.09 Å². The van der Waals surface area contributed by atoms with Gasteiger partial charge in [-0.1, -0.05) is 24.4 Å². The standard InChI is InChI=1S/C22H25N7O2S/c1-3-12-31-22(30)26-17-6-8-18(9-7-17)32-20-13-19-23-10-11-29(19)21(27-20)25-15(2)28-24-14-16-4-5-16/h3,6-11,13,16,24H,1,4-5,12,14H2,2H3,(H,26,30)(H,25,27,28). The highest BCUT2D eigenvalue weighted by Crippen LogP contribution is 2.30. The van der Waals surface area contributed by atoms with Crippen LogP contribution in [-0.4, -0.2) is 39.4 Å². The number of aromatic nitrogens is 3. The Labute approximate surface area is 190 Å². The minimum atomic E-state index is -0.519. The van der Waals surface area contributed by atoms with Crippen molar-refractivity contribution >= 4 is 41.0 Å². The summed E-state index contributed by atoms with van der Waals surface area (Å²) in [5.74, 6) is 2.05. The van der Waals surface area contributed by atoms with Gasteiger partial charge in [-0.15, -0.1) is 0 Å². The predicted molar refractivity (Wildman–Crippen MR) is 125 cm³/mol. The molecule has 1 saturated carbocycles. The predicted octanol–water partition coefficient (Wildman–Crippen LogP) is 4.17. The fraction of sp³-hybridized carbons (Fsp3) is 0.273. The number of fused-ring (bicyclic) bond motifs is 1. The number of amidine groups is 1. The molecule has 1 fully saturated rings. The second kappa shape index (κ2) is 10.3. The number of nitrogens with zero attached hydrogens (tertiary/aromatic N) is 4. The molecular formula is C22H25N7O2S. The molecule has 166 valence electrons. The Hall–Kier alpha value is -3.37. The SMILES string of the molecule is C=CCOC(=O)Nc1ccc(Sc2cc3nccn3c(/N=C(\C)NNCC3CC3)n2)cc1. The van der Waals surface area contributed by atoms with Crippen molar-refractivity contribution in [2.24, 2.45) is 10.9 Å². The molecule has 32 heavy (non-hydrogen) atoms. The van der Waals surface area contributed by atoms with Gasteiger partial charge in [0.05, 0.1) is 0 Å². The van der Waals surface area contributed by atoms with Gasteiger partial charge in [0.25, 0.3) is 0 Å². The lowest BCUT2D eigenvalue weighted by Crippen LogP contribution is -2.37. The van der Waals surface area contributed by atoms with Gasteiger partial charge in [0.1, 0.15) is 23.1 Å². The van der Waals surface area contributed by atoms with Crippen LogP contribution in [0.1, 0.15) is 19.8 Å². The number of carbonyl (C=O) groups excluding carboxylic acids is 1. The average Bonchev–Trinajstić information content (AvgIpc) is 3.47. The number of benzene rings is 1. The fourth-order valence-electron chi connectivity index (χ4n) is 2.86. The highest BCUT2D eigenvalue weighted by molar-refractivity contribution is 7.99. The van der Waals surface area contributed by atoms with Crippen molar-refractivity contribution in [3.05, 3.63) is 55.4 Å². The van der Waals surface area contributed by atoms with Crippen LogP contribution >= 0.6 is 11.8 Å². The van der Waals surface area contributed by atoms with Gasteiger partial charge in [0.2, 0.25) is 5.95 Å². The minimum Gasteiger partial charge on any atom is -0.445 e. The van der Waals surface area contributed by atoms with Crippen molar-refractivity contribution in [3.8, 4) is 0 Å². The molecule has 4 rings (SSSR count). The van der Waals surface area contributed by atoms with Gasteiger partial charge in [-0.2, -0.15) is 4.99 Å². The molecule has 0 aliphatic heterocycles. The van der Waals surface area contributed by atoms with Crippen LogP contribution in [0, 0.1) is 5.92 Å². The van der Waals surface area contributed by atoms with Crippen LogP contribution < -0.4 is 16.2 Å². The largest absolute Gasteiger partial charge is 0.445 e. The van der Waals surface area contributed by atoms with E-state index in [9.17, 15) is 4.79 Å². The monoisotopic (exact) mass is 451 g/mol. The molecule has 1 amide bonds. The molecule has 2 aromatic heterocycles. The first-order chi connectivity index (χ1) is 15.6. The summed E-state index contributed by atoms with van der Waals surface area (Å²) < 4.78 is 6.77. The van der Waals surface area contributed by atoms with Gasteiger partial charge in [0.15, 0.2) is 0 Å². The quantitative estimate of drug-likeness (QED) is 0.147. The lowest BCUT2D eigenvalue weighted by atomic mass is 10.3. The van der Waals surface area contributed by atoms with E-state index in [4.69, 9.17) is 9.72 Å². The van der Waals surface area contributed by atoms with E-state index in [0.717, 1.165) is 33.9 Å². The average molecular weight is 452 g/mol. The second-order valence-corrected chi connectivity index (χ2v) is 8.43. The molecule has 0 saturated heterocycles. The minimum absolute atomic E-state index is 0.165. The molecular weight excluding hydrogens is 426 g/mol. The molecule has 3 aromatic rings. The van der Waals surface area contributed by atoms with Crippen molar-refractivity contribution in [1.29, 1.82) is 0 Å². The summed E-state index contributed by atoms with van der Waals surface area (Å²) in [5.41, 5.74) is 7.75. The van der Waals surface area contributed by atoms with E-state index in [1.54, 1.807) is 6.20 Å². The van der Waals surface area contributed by atoms with Gasteiger partial charge in [-0.05, 0) is 49.9 Å². The smallest absolute Gasteiger partial charge is 0.411 e.